The van der Waals surface area contributed by atoms with Gasteiger partial charge in [-0.2, -0.15) is 0 Å². The summed E-state index contributed by atoms with van der Waals surface area (Å²) >= 11 is 0. The minimum atomic E-state index is -1.37. The lowest BCUT2D eigenvalue weighted by Crippen LogP contribution is -2.60. The molecular weight excluding hydrogens is 538 g/mol. The Labute approximate surface area is 246 Å². The zero-order valence-corrected chi connectivity index (χ0v) is 24.6. The summed E-state index contributed by atoms with van der Waals surface area (Å²) in [7, 11) is 0. The third-order valence-corrected chi connectivity index (χ3v) is 8.96. The molecule has 0 saturated carbocycles. The van der Waals surface area contributed by atoms with Gasteiger partial charge in [-0.25, -0.2) is 0 Å². The zero-order chi connectivity index (χ0) is 30.2. The highest BCUT2D eigenvalue weighted by Crippen LogP contribution is 2.56. The molecule has 2 saturated heterocycles. The minimum Gasteiger partial charge on any atom is -0.455 e. The number of hydrogen-bond acceptors (Lipinski definition) is 7. The molecule has 7 atom stereocenters. The van der Waals surface area contributed by atoms with Gasteiger partial charge in [0.15, 0.2) is 0 Å². The van der Waals surface area contributed by atoms with E-state index in [4.69, 9.17) is 9.47 Å². The summed E-state index contributed by atoms with van der Waals surface area (Å²) in [6.07, 6.45) is 6.42. The third-order valence-electron chi connectivity index (χ3n) is 8.96. The van der Waals surface area contributed by atoms with Crippen molar-refractivity contribution in [3.63, 3.8) is 0 Å². The average Bonchev–Trinajstić information content (AvgIpc) is 3.60. The van der Waals surface area contributed by atoms with Crippen LogP contribution in [0.1, 0.15) is 52.2 Å². The number of ether oxygens (including phenoxy) is 2. The number of carbonyl (C=O) groups is 4. The van der Waals surface area contributed by atoms with Crippen molar-refractivity contribution in [1.82, 2.24) is 15.1 Å². The van der Waals surface area contributed by atoms with Gasteiger partial charge in [0.1, 0.15) is 23.7 Å². The van der Waals surface area contributed by atoms with Crippen LogP contribution in [0.25, 0.3) is 0 Å². The van der Waals surface area contributed by atoms with Gasteiger partial charge >= 0.3 is 5.97 Å². The van der Waals surface area contributed by atoms with Crippen molar-refractivity contribution in [2.24, 2.45) is 17.8 Å². The number of hydrogen-bond donors (Lipinski definition) is 2. The highest BCUT2D eigenvalue weighted by atomic mass is 16.6. The number of esters is 1. The van der Waals surface area contributed by atoms with E-state index in [2.05, 4.69) is 5.32 Å². The van der Waals surface area contributed by atoms with Gasteiger partial charge in [0.05, 0.1) is 31.2 Å². The van der Waals surface area contributed by atoms with Crippen molar-refractivity contribution in [2.45, 2.75) is 76.5 Å². The number of aliphatic hydroxyl groups is 1. The van der Waals surface area contributed by atoms with Gasteiger partial charge in [-0.05, 0) is 31.7 Å². The Hall–Kier alpha value is -3.50. The quantitative estimate of drug-likeness (QED) is 0.405. The molecule has 2 N–H and O–H groups in total. The Morgan fingerprint density at radius 3 is 2.45 bits per heavy atom. The van der Waals surface area contributed by atoms with Crippen LogP contribution in [0.2, 0.25) is 0 Å². The summed E-state index contributed by atoms with van der Waals surface area (Å²) in [5.41, 5.74) is -0.662. The lowest BCUT2D eigenvalue weighted by atomic mass is 9.74. The SMILES string of the molecule is CC(C)[C@H](CO)N1C(=O)[C@H]2[C@@H]3C(=O)O[C@H](c4ccccc4)CNC(=O)CC/C=C\CN(C(C)C)C(=O)[C@H]1[C@@]21C=C[C@@H]3O1. The summed E-state index contributed by atoms with van der Waals surface area (Å²) in [5, 5.41) is 13.3. The number of amides is 3. The molecule has 3 amide bonds. The van der Waals surface area contributed by atoms with Crippen molar-refractivity contribution in [3.8, 4) is 0 Å². The van der Waals surface area contributed by atoms with E-state index in [0.717, 1.165) is 0 Å². The lowest BCUT2D eigenvalue weighted by molar-refractivity contribution is -0.161. The van der Waals surface area contributed by atoms with Gasteiger partial charge in [-0.15, -0.1) is 0 Å². The van der Waals surface area contributed by atoms with Gasteiger partial charge in [-0.1, -0.05) is 68.5 Å². The maximum atomic E-state index is 14.5. The van der Waals surface area contributed by atoms with Crippen LogP contribution in [0, 0.1) is 17.8 Å². The summed E-state index contributed by atoms with van der Waals surface area (Å²) in [6.45, 7) is 7.59. The number of likely N-dealkylation sites (tertiary alicyclic amines) is 1. The number of allylic oxidation sites excluding steroid dienone is 1. The van der Waals surface area contributed by atoms with E-state index < -0.39 is 53.6 Å². The van der Waals surface area contributed by atoms with E-state index in [9.17, 15) is 24.3 Å². The molecule has 2 fully saturated rings. The van der Waals surface area contributed by atoms with Crippen LogP contribution in [0.3, 0.4) is 0 Å². The molecule has 0 radical (unpaired) electrons. The molecule has 42 heavy (non-hydrogen) atoms. The van der Waals surface area contributed by atoms with E-state index in [-0.39, 0.29) is 49.9 Å². The Bertz CT molecular complexity index is 1260. The first-order chi connectivity index (χ1) is 20.1. The molecule has 0 unspecified atom stereocenters. The van der Waals surface area contributed by atoms with Crippen LogP contribution in [-0.4, -0.2) is 88.1 Å². The fraction of sp³-hybridized carbons (Fsp3) is 0.562. The maximum Gasteiger partial charge on any atom is 0.313 e. The summed E-state index contributed by atoms with van der Waals surface area (Å²) in [4.78, 5) is 58.5. The standard InChI is InChI=1S/C32H41N3O7/c1-19(2)22(18-36)35-28-30(39)34(20(3)4)16-10-6-9-13-25(37)33-17-24(21-11-7-5-8-12-21)41-31(40)26-23-14-15-32(28,42-23)27(26)29(35)38/h5-8,10-12,14-15,19-20,22-24,26-28,36H,9,13,16-18H2,1-4H3,(H,33,37)/b10-6-/t22-,23-,24-,26+,27+,28-,32+/m0/s1. The summed E-state index contributed by atoms with van der Waals surface area (Å²) in [5.74, 6) is -3.67. The summed E-state index contributed by atoms with van der Waals surface area (Å²) < 4.78 is 12.5. The molecule has 5 bridgehead atoms. The second-order valence-electron chi connectivity index (χ2n) is 12.2. The first-order valence-electron chi connectivity index (χ1n) is 14.9. The molecule has 0 aromatic heterocycles. The molecular formula is C32H41N3O7. The van der Waals surface area contributed by atoms with E-state index in [1.54, 1.807) is 17.1 Å². The Morgan fingerprint density at radius 1 is 1.05 bits per heavy atom. The van der Waals surface area contributed by atoms with Crippen LogP contribution in [0.5, 0.6) is 0 Å². The first-order valence-corrected chi connectivity index (χ1v) is 14.9. The van der Waals surface area contributed by atoms with Crippen molar-refractivity contribution in [2.75, 3.05) is 19.7 Å². The van der Waals surface area contributed by atoms with Gasteiger partial charge in [0.25, 0.3) is 0 Å². The predicted molar refractivity (Wildman–Crippen MR) is 154 cm³/mol. The van der Waals surface area contributed by atoms with Crippen LogP contribution >= 0.6 is 0 Å². The van der Waals surface area contributed by atoms with E-state index in [1.807, 2.05) is 70.2 Å². The predicted octanol–water partition coefficient (Wildman–Crippen LogP) is 2.14. The number of nitrogens with zero attached hydrogens (tertiary/aromatic N) is 2. The first kappa shape index (κ1) is 30.0. The monoisotopic (exact) mass is 579 g/mol. The molecule has 1 spiro atoms. The smallest absolute Gasteiger partial charge is 0.313 e. The molecule has 4 aliphatic heterocycles. The number of fused-ring (bicyclic) bond motifs is 2. The van der Waals surface area contributed by atoms with Crippen molar-refractivity contribution in [1.29, 1.82) is 0 Å². The molecule has 4 aliphatic rings. The molecule has 4 heterocycles. The topological polar surface area (TPSA) is 125 Å². The highest BCUT2D eigenvalue weighted by molar-refractivity contribution is 5.99. The molecule has 226 valence electrons. The van der Waals surface area contributed by atoms with Crippen LogP contribution in [0.4, 0.5) is 0 Å². The molecule has 0 aliphatic carbocycles. The van der Waals surface area contributed by atoms with E-state index in [0.29, 0.717) is 12.0 Å². The van der Waals surface area contributed by atoms with E-state index >= 15 is 0 Å². The van der Waals surface area contributed by atoms with Gasteiger partial charge < -0.3 is 29.7 Å². The zero-order valence-electron chi connectivity index (χ0n) is 24.6. The van der Waals surface area contributed by atoms with Crippen molar-refractivity contribution >= 4 is 23.7 Å². The fourth-order valence-electron chi connectivity index (χ4n) is 6.78. The number of carbonyl (C=O) groups excluding carboxylic acids is 4. The molecule has 10 heteroatoms. The number of aliphatic hydroxyl groups excluding tert-OH is 1. The van der Waals surface area contributed by atoms with Crippen molar-refractivity contribution < 1.29 is 33.8 Å². The number of rotatable bonds is 5. The minimum absolute atomic E-state index is 0.0738. The molecule has 1 aromatic rings. The fourth-order valence-corrected chi connectivity index (χ4v) is 6.78. The number of cyclic esters (lactones) is 1. The van der Waals surface area contributed by atoms with E-state index in [1.165, 1.54) is 4.90 Å². The second kappa shape index (κ2) is 12.0. The Kier molecular flexibility index (Phi) is 8.57. The van der Waals surface area contributed by atoms with Crippen LogP contribution in [-0.2, 0) is 28.7 Å². The van der Waals surface area contributed by atoms with Gasteiger partial charge in [-0.3, -0.25) is 19.2 Å². The summed E-state index contributed by atoms with van der Waals surface area (Å²) in [6, 6.07) is 7.22. The van der Waals surface area contributed by atoms with Gasteiger partial charge in [0.2, 0.25) is 17.7 Å². The average molecular weight is 580 g/mol. The Morgan fingerprint density at radius 2 is 1.79 bits per heavy atom. The molecule has 1 aromatic carbocycles. The van der Waals surface area contributed by atoms with Gasteiger partial charge in [0, 0.05) is 19.0 Å². The maximum absolute atomic E-state index is 14.5. The third kappa shape index (κ3) is 5.15. The second-order valence-corrected chi connectivity index (χ2v) is 12.2. The van der Waals surface area contributed by atoms with Crippen LogP contribution < -0.4 is 5.32 Å². The molecule has 10 nitrogen and oxygen atoms in total. The Balaban J connectivity index is 1.60. The normalized spacial score (nSPS) is 33.3. The molecule has 5 rings (SSSR count). The van der Waals surface area contributed by atoms with Crippen LogP contribution in [0.15, 0.2) is 54.6 Å². The lowest BCUT2D eigenvalue weighted by Gasteiger charge is -2.41. The largest absolute Gasteiger partial charge is 0.455 e. The number of benzene rings is 1. The highest BCUT2D eigenvalue weighted by Gasteiger charge is 2.74. The van der Waals surface area contributed by atoms with Crippen molar-refractivity contribution in [3.05, 3.63) is 60.2 Å². The number of nitrogens with one attached hydrogen (secondary N) is 1.